The van der Waals surface area contributed by atoms with Crippen molar-refractivity contribution in [3.8, 4) is 11.5 Å². The van der Waals surface area contributed by atoms with E-state index in [2.05, 4.69) is 35.8 Å². The molecule has 0 aliphatic heterocycles. The third-order valence-electron chi connectivity index (χ3n) is 4.34. The summed E-state index contributed by atoms with van der Waals surface area (Å²) in [5.74, 6) is 1.93. The molecule has 158 valence electrons. The molecule has 0 amide bonds. The Balaban J connectivity index is 1.96. The molecule has 3 N–H and O–H groups in total. The van der Waals surface area contributed by atoms with Crippen LogP contribution in [-0.4, -0.2) is 44.5 Å². The van der Waals surface area contributed by atoms with Crippen LogP contribution < -0.4 is 15.4 Å². The van der Waals surface area contributed by atoms with Crippen LogP contribution in [0.25, 0.3) is 0 Å². The summed E-state index contributed by atoms with van der Waals surface area (Å²) in [6.07, 6.45) is 1.66. The Labute approximate surface area is 174 Å². The number of phenols is 1. The number of aliphatic imine (C=N–C) groups is 1. The van der Waals surface area contributed by atoms with Crippen LogP contribution in [0.4, 0.5) is 0 Å². The number of ether oxygens (including phenoxy) is 2. The highest BCUT2D eigenvalue weighted by Crippen LogP contribution is 2.21. The highest BCUT2D eigenvalue weighted by molar-refractivity contribution is 5.79. The molecule has 6 heteroatoms. The number of rotatable bonds is 11. The van der Waals surface area contributed by atoms with Gasteiger partial charge in [0.2, 0.25) is 0 Å². The fourth-order valence-electron chi connectivity index (χ4n) is 2.86. The van der Waals surface area contributed by atoms with Crippen molar-refractivity contribution in [1.29, 1.82) is 0 Å². The van der Waals surface area contributed by atoms with E-state index in [0.717, 1.165) is 54.3 Å². The van der Waals surface area contributed by atoms with Gasteiger partial charge in [0.05, 0.1) is 13.2 Å². The molecular formula is C23H33N3O3. The average Bonchev–Trinajstić information content (AvgIpc) is 2.70. The zero-order chi connectivity index (χ0) is 20.9. The lowest BCUT2D eigenvalue weighted by Crippen LogP contribution is -2.38. The van der Waals surface area contributed by atoms with Crippen LogP contribution in [0.3, 0.4) is 0 Å². The first-order valence-electron chi connectivity index (χ1n) is 10.1. The fraction of sp³-hybridized carbons (Fsp3) is 0.435. The first kappa shape index (κ1) is 22.6. The number of hydrogen-bond acceptors (Lipinski definition) is 4. The quantitative estimate of drug-likeness (QED) is 0.307. The van der Waals surface area contributed by atoms with Crippen molar-refractivity contribution in [3.63, 3.8) is 0 Å². The SMILES string of the molecule is CCNC(=NCc1ccc(C)cc1OCCCOC)NCCc1cccc(O)c1. The number of phenolic OH excluding ortho intramolecular Hbond substituents is 1. The average molecular weight is 400 g/mol. The normalized spacial score (nSPS) is 11.3. The molecule has 0 radical (unpaired) electrons. The highest BCUT2D eigenvalue weighted by Gasteiger charge is 2.05. The lowest BCUT2D eigenvalue weighted by molar-refractivity contribution is 0.172. The van der Waals surface area contributed by atoms with E-state index in [1.807, 2.05) is 19.1 Å². The number of nitrogens with one attached hydrogen (secondary N) is 2. The third-order valence-corrected chi connectivity index (χ3v) is 4.34. The van der Waals surface area contributed by atoms with Gasteiger partial charge in [0.25, 0.3) is 0 Å². The molecule has 2 aromatic rings. The van der Waals surface area contributed by atoms with Crippen LogP contribution in [0.1, 0.15) is 30.0 Å². The number of aryl methyl sites for hydroxylation is 1. The summed E-state index contributed by atoms with van der Waals surface area (Å²) < 4.78 is 11.0. The van der Waals surface area contributed by atoms with Gasteiger partial charge in [0.1, 0.15) is 11.5 Å². The molecule has 0 bridgehead atoms. The Morgan fingerprint density at radius 2 is 1.97 bits per heavy atom. The topological polar surface area (TPSA) is 75.1 Å². The monoisotopic (exact) mass is 399 g/mol. The minimum absolute atomic E-state index is 0.292. The molecule has 0 aliphatic rings. The van der Waals surface area contributed by atoms with Gasteiger partial charge >= 0.3 is 0 Å². The van der Waals surface area contributed by atoms with Gasteiger partial charge in [-0.1, -0.05) is 24.3 Å². The van der Waals surface area contributed by atoms with E-state index >= 15 is 0 Å². The second kappa shape index (κ2) is 12.7. The van der Waals surface area contributed by atoms with Crippen LogP contribution in [-0.2, 0) is 17.7 Å². The van der Waals surface area contributed by atoms with Crippen LogP contribution in [0, 0.1) is 6.92 Å². The highest BCUT2D eigenvalue weighted by atomic mass is 16.5. The van der Waals surface area contributed by atoms with E-state index in [4.69, 9.17) is 14.5 Å². The van der Waals surface area contributed by atoms with E-state index in [1.165, 1.54) is 0 Å². The van der Waals surface area contributed by atoms with Gasteiger partial charge in [-0.05, 0) is 49.6 Å². The second-order valence-electron chi connectivity index (χ2n) is 6.85. The van der Waals surface area contributed by atoms with Crippen molar-refractivity contribution in [3.05, 3.63) is 59.2 Å². The van der Waals surface area contributed by atoms with Crippen LogP contribution in [0.5, 0.6) is 11.5 Å². The molecule has 0 spiro atoms. The van der Waals surface area contributed by atoms with E-state index in [0.29, 0.717) is 25.5 Å². The lowest BCUT2D eigenvalue weighted by atomic mass is 10.1. The van der Waals surface area contributed by atoms with Crippen molar-refractivity contribution in [2.75, 3.05) is 33.4 Å². The standard InChI is InChI=1S/C23H33N3O3/c1-4-24-23(25-12-11-19-7-5-8-21(27)16-19)26-17-20-10-9-18(2)15-22(20)29-14-6-13-28-3/h5,7-10,15-16,27H,4,6,11-14,17H2,1-3H3,(H2,24,25,26). The van der Waals surface area contributed by atoms with Gasteiger partial charge < -0.3 is 25.2 Å². The minimum atomic E-state index is 0.292. The van der Waals surface area contributed by atoms with E-state index < -0.39 is 0 Å². The maximum atomic E-state index is 9.58. The molecule has 2 aromatic carbocycles. The number of benzene rings is 2. The number of aromatic hydroxyl groups is 1. The summed E-state index contributed by atoms with van der Waals surface area (Å²) in [5.41, 5.74) is 3.30. The Kier molecular flexibility index (Phi) is 9.86. The summed E-state index contributed by atoms with van der Waals surface area (Å²) in [7, 11) is 1.70. The Hall–Kier alpha value is -2.73. The first-order valence-corrected chi connectivity index (χ1v) is 10.1. The first-order chi connectivity index (χ1) is 14.1. The van der Waals surface area contributed by atoms with Crippen molar-refractivity contribution >= 4 is 5.96 Å². The van der Waals surface area contributed by atoms with Crippen LogP contribution in [0.2, 0.25) is 0 Å². The van der Waals surface area contributed by atoms with Crippen molar-refractivity contribution in [2.45, 2.75) is 33.2 Å². The van der Waals surface area contributed by atoms with Gasteiger partial charge in [0.15, 0.2) is 5.96 Å². The smallest absolute Gasteiger partial charge is 0.191 e. The Bertz CT molecular complexity index is 778. The van der Waals surface area contributed by atoms with E-state index in [1.54, 1.807) is 19.2 Å². The largest absolute Gasteiger partial charge is 0.508 e. The van der Waals surface area contributed by atoms with E-state index in [9.17, 15) is 5.11 Å². The molecule has 0 aromatic heterocycles. The van der Waals surface area contributed by atoms with Crippen molar-refractivity contribution in [1.82, 2.24) is 10.6 Å². The van der Waals surface area contributed by atoms with Crippen LogP contribution >= 0.6 is 0 Å². The zero-order valence-electron chi connectivity index (χ0n) is 17.7. The fourth-order valence-corrected chi connectivity index (χ4v) is 2.86. The third kappa shape index (κ3) is 8.44. The molecule has 29 heavy (non-hydrogen) atoms. The summed E-state index contributed by atoms with van der Waals surface area (Å²) in [6.45, 7) is 7.45. The molecule has 0 atom stereocenters. The Morgan fingerprint density at radius 3 is 2.72 bits per heavy atom. The molecule has 0 saturated carbocycles. The van der Waals surface area contributed by atoms with Crippen LogP contribution in [0.15, 0.2) is 47.5 Å². The predicted octanol–water partition coefficient (Wildman–Crippen LogP) is 3.41. The maximum Gasteiger partial charge on any atom is 0.191 e. The summed E-state index contributed by atoms with van der Waals surface area (Å²) >= 11 is 0. The molecule has 0 aliphatic carbocycles. The number of hydrogen-bond donors (Lipinski definition) is 3. The molecule has 0 heterocycles. The van der Waals surface area contributed by atoms with Crippen molar-refractivity contribution < 1.29 is 14.6 Å². The van der Waals surface area contributed by atoms with Crippen molar-refractivity contribution in [2.24, 2.45) is 4.99 Å². The molecule has 0 saturated heterocycles. The summed E-state index contributed by atoms with van der Waals surface area (Å²) in [4.78, 5) is 4.71. The van der Waals surface area contributed by atoms with Gasteiger partial charge in [-0.3, -0.25) is 0 Å². The molecule has 2 rings (SSSR count). The molecular weight excluding hydrogens is 366 g/mol. The zero-order valence-corrected chi connectivity index (χ0v) is 17.7. The van der Waals surface area contributed by atoms with Gasteiger partial charge in [0, 0.05) is 38.8 Å². The molecule has 0 fully saturated rings. The second-order valence-corrected chi connectivity index (χ2v) is 6.85. The molecule has 0 unspecified atom stereocenters. The summed E-state index contributed by atoms with van der Waals surface area (Å²) in [5, 5.41) is 16.2. The summed E-state index contributed by atoms with van der Waals surface area (Å²) in [6, 6.07) is 13.5. The minimum Gasteiger partial charge on any atom is -0.508 e. The predicted molar refractivity (Wildman–Crippen MR) is 118 cm³/mol. The van der Waals surface area contributed by atoms with E-state index in [-0.39, 0.29) is 0 Å². The number of guanidine groups is 1. The Morgan fingerprint density at radius 1 is 1.10 bits per heavy atom. The maximum absolute atomic E-state index is 9.58. The molecule has 6 nitrogen and oxygen atoms in total. The van der Waals surface area contributed by atoms with Gasteiger partial charge in [-0.2, -0.15) is 0 Å². The van der Waals surface area contributed by atoms with Gasteiger partial charge in [-0.15, -0.1) is 0 Å². The lowest BCUT2D eigenvalue weighted by Gasteiger charge is -2.14. The van der Waals surface area contributed by atoms with Gasteiger partial charge in [-0.25, -0.2) is 4.99 Å². The number of methoxy groups -OCH3 is 1. The number of nitrogens with zero attached hydrogens (tertiary/aromatic N) is 1.